The van der Waals surface area contributed by atoms with Crippen molar-refractivity contribution in [3.8, 4) is 17.2 Å². The van der Waals surface area contributed by atoms with E-state index in [4.69, 9.17) is 0 Å². The lowest BCUT2D eigenvalue weighted by Crippen LogP contribution is -2.60. The Morgan fingerprint density at radius 1 is 0.324 bits per heavy atom. The number of benzene rings is 3. The van der Waals surface area contributed by atoms with Gasteiger partial charge in [0.2, 0.25) is 29.1 Å². The summed E-state index contributed by atoms with van der Waals surface area (Å²) < 4.78 is 188. The van der Waals surface area contributed by atoms with Crippen LogP contribution in [-0.2, 0) is 0 Å². The van der Waals surface area contributed by atoms with E-state index >= 15 is 4.39 Å². The molecule has 0 N–H and O–H groups in total. The first-order valence-corrected chi connectivity index (χ1v) is 9.47. The molecule has 0 amide bonds. The summed E-state index contributed by atoms with van der Waals surface area (Å²) in [5.41, 5.74) is -6.84. The van der Waals surface area contributed by atoms with E-state index in [0.717, 1.165) is 0 Å². The zero-order valence-electron chi connectivity index (χ0n) is 18.3. The summed E-state index contributed by atoms with van der Waals surface area (Å²) in [6.45, 7) is -3.58. The molecule has 3 aromatic rings. The van der Waals surface area contributed by atoms with E-state index in [0.29, 0.717) is 21.3 Å². The second-order valence-electron chi connectivity index (χ2n) is 7.04. The van der Waals surface area contributed by atoms with Crippen molar-refractivity contribution < 1.29 is 66.9 Å². The number of hydrogen-bond donors (Lipinski definition) is 0. The quantitative estimate of drug-likeness (QED) is 0.203. The van der Waals surface area contributed by atoms with E-state index in [1.165, 1.54) is 0 Å². The summed E-state index contributed by atoms with van der Waals surface area (Å²) in [4.78, 5) is 0. The lowest BCUT2D eigenvalue weighted by Gasteiger charge is -2.22. The third kappa shape index (κ3) is 3.98. The first kappa shape index (κ1) is 27.9. The molecule has 0 aliphatic carbocycles. The Labute approximate surface area is 199 Å². The van der Waals surface area contributed by atoms with E-state index < -0.39 is 110 Å². The molecule has 0 aromatic heterocycles. The molecule has 0 radical (unpaired) electrons. The minimum atomic E-state index is -3.58. The maximum absolute atomic E-state index is 15.1. The van der Waals surface area contributed by atoms with Crippen LogP contribution in [0.5, 0.6) is 17.2 Å². The predicted octanol–water partition coefficient (Wildman–Crippen LogP) is 3.90. The largest absolute Gasteiger partial charge is 0.491 e. The first-order valence-electron chi connectivity index (χ1n) is 9.47. The molecule has 0 bridgehead atoms. The summed E-state index contributed by atoms with van der Waals surface area (Å²) in [6.07, 6.45) is 0. The van der Waals surface area contributed by atoms with Crippen LogP contribution >= 0.6 is 0 Å². The molecule has 3 rings (SSSR count). The number of ether oxygens (including phenoxy) is 3. The zero-order chi connectivity index (χ0) is 28.1. The molecule has 0 fully saturated rings. The van der Waals surface area contributed by atoms with Gasteiger partial charge in [-0.1, -0.05) is 0 Å². The number of hydrogen-bond acceptors (Lipinski definition) is 3. The maximum atomic E-state index is 15.1. The lowest BCUT2D eigenvalue weighted by molar-refractivity contribution is 0.334. The molecule has 3 nitrogen and oxygen atoms in total. The summed E-state index contributed by atoms with van der Waals surface area (Å²) in [7, 11) is 1.55. The fraction of sp³-hybridized carbons (Fsp3) is 0.143. The van der Waals surface area contributed by atoms with Crippen molar-refractivity contribution in [2.75, 3.05) is 21.3 Å². The predicted molar refractivity (Wildman–Crippen MR) is 103 cm³/mol. The van der Waals surface area contributed by atoms with Gasteiger partial charge in [-0.3, -0.25) is 0 Å². The highest BCUT2D eigenvalue weighted by Crippen LogP contribution is 2.30. The van der Waals surface area contributed by atoms with Crippen molar-refractivity contribution in [3.63, 3.8) is 0 Å². The molecule has 0 spiro atoms. The number of rotatable bonds is 6. The molecule has 0 heterocycles. The fourth-order valence-electron chi connectivity index (χ4n) is 3.62. The Hall–Kier alpha value is -3.72. The maximum Gasteiger partial charge on any atom is 0.265 e. The Kier molecular flexibility index (Phi) is 7.51. The van der Waals surface area contributed by atoms with Crippen LogP contribution in [-0.4, -0.2) is 28.0 Å². The van der Waals surface area contributed by atoms with Crippen LogP contribution in [0.2, 0.25) is 0 Å². The lowest BCUT2D eigenvalue weighted by atomic mass is 9.35. The van der Waals surface area contributed by atoms with Crippen LogP contribution in [0.25, 0.3) is 0 Å². The van der Waals surface area contributed by atoms with Gasteiger partial charge in [0.1, 0.15) is 0 Å². The average molecular weight is 548 g/mol. The molecule has 3 aromatic carbocycles. The molecule has 16 heteroatoms. The third-order valence-corrected chi connectivity index (χ3v) is 5.25. The van der Waals surface area contributed by atoms with Crippen LogP contribution in [0.4, 0.5) is 52.7 Å². The van der Waals surface area contributed by atoms with E-state index in [2.05, 4.69) is 14.2 Å². The van der Waals surface area contributed by atoms with Gasteiger partial charge in [0.15, 0.2) is 58.0 Å². The molecule has 37 heavy (non-hydrogen) atoms. The highest BCUT2D eigenvalue weighted by molar-refractivity contribution is 6.95. The highest BCUT2D eigenvalue weighted by Gasteiger charge is 2.45. The minimum Gasteiger partial charge on any atom is -0.491 e. The number of halogens is 12. The van der Waals surface area contributed by atoms with Gasteiger partial charge in [0, 0.05) is 16.4 Å². The van der Waals surface area contributed by atoms with E-state index in [1.54, 1.807) is 0 Å². The molecule has 0 aliphatic rings. The Balaban J connectivity index is 2.69. The first-order chi connectivity index (χ1) is 17.3. The van der Waals surface area contributed by atoms with Crippen LogP contribution < -0.4 is 30.6 Å². The molecular weight excluding hydrogens is 539 g/mol. The van der Waals surface area contributed by atoms with Crippen LogP contribution in [0, 0.1) is 69.8 Å². The normalized spacial score (nSPS) is 11.1. The standard InChI is InChI=1S/C21H9BF12O3/c1-35-19-12(28)6(7(23)13(29)18(19)34)22(4-8(24)14(30)20(36-2)15(31)9(4)25)5-10(26)16(32)21(37-3)17(33)11(5)27/h1-3H3. The van der Waals surface area contributed by atoms with Gasteiger partial charge >= 0.3 is 0 Å². The van der Waals surface area contributed by atoms with Gasteiger partial charge in [-0.2, -0.15) is 22.0 Å². The topological polar surface area (TPSA) is 27.7 Å². The smallest absolute Gasteiger partial charge is 0.265 e. The van der Waals surface area contributed by atoms with Crippen LogP contribution in [0.3, 0.4) is 0 Å². The SMILES string of the molecule is COc1c(F)c(F)c(B(c2c(F)c(F)c(OC)c(F)c2F)c2c(F)c(F)c(F)c(OC)c2F)c(F)c1F. The van der Waals surface area contributed by atoms with E-state index in [-0.39, 0.29) is 0 Å². The molecular formula is C21H9BF12O3. The van der Waals surface area contributed by atoms with Crippen molar-refractivity contribution in [1.82, 2.24) is 0 Å². The summed E-state index contributed by atoms with van der Waals surface area (Å²) in [6, 6.07) is 0. The van der Waals surface area contributed by atoms with Crippen molar-refractivity contribution >= 4 is 23.1 Å². The molecule has 0 unspecified atom stereocenters. The van der Waals surface area contributed by atoms with Crippen molar-refractivity contribution in [2.24, 2.45) is 0 Å². The Morgan fingerprint density at radius 3 is 0.838 bits per heavy atom. The van der Waals surface area contributed by atoms with E-state index in [1.807, 2.05) is 0 Å². The minimum absolute atomic E-state index is 0.486. The van der Waals surface area contributed by atoms with Crippen molar-refractivity contribution in [2.45, 2.75) is 0 Å². The molecule has 0 aliphatic heterocycles. The van der Waals surface area contributed by atoms with Gasteiger partial charge in [-0.05, 0) is 0 Å². The van der Waals surface area contributed by atoms with E-state index in [9.17, 15) is 48.3 Å². The monoisotopic (exact) mass is 548 g/mol. The second kappa shape index (κ2) is 9.97. The highest BCUT2D eigenvalue weighted by atomic mass is 19.2. The molecule has 198 valence electrons. The van der Waals surface area contributed by atoms with Gasteiger partial charge < -0.3 is 14.2 Å². The Bertz CT molecular complexity index is 1300. The molecule has 0 saturated heterocycles. The molecule has 0 atom stereocenters. The van der Waals surface area contributed by atoms with Gasteiger partial charge in [-0.15, -0.1) is 0 Å². The van der Waals surface area contributed by atoms with Gasteiger partial charge in [-0.25, -0.2) is 30.7 Å². The molecule has 0 saturated carbocycles. The van der Waals surface area contributed by atoms with Gasteiger partial charge in [0.05, 0.1) is 21.3 Å². The third-order valence-electron chi connectivity index (χ3n) is 5.25. The second-order valence-corrected chi connectivity index (χ2v) is 7.04. The zero-order valence-corrected chi connectivity index (χ0v) is 18.3. The van der Waals surface area contributed by atoms with Crippen molar-refractivity contribution in [1.29, 1.82) is 0 Å². The summed E-state index contributed by atoms with van der Waals surface area (Å²) in [5.74, 6) is -35.7. The van der Waals surface area contributed by atoms with Gasteiger partial charge in [0.25, 0.3) is 6.71 Å². The summed E-state index contributed by atoms with van der Waals surface area (Å²) >= 11 is 0. The Morgan fingerprint density at radius 2 is 0.541 bits per heavy atom. The average Bonchev–Trinajstić information content (AvgIpc) is 2.86. The van der Waals surface area contributed by atoms with Crippen LogP contribution in [0.1, 0.15) is 0 Å². The summed E-state index contributed by atoms with van der Waals surface area (Å²) in [5, 5.41) is 0. The van der Waals surface area contributed by atoms with Crippen LogP contribution in [0.15, 0.2) is 0 Å². The number of methoxy groups -OCH3 is 3. The van der Waals surface area contributed by atoms with Crippen molar-refractivity contribution in [3.05, 3.63) is 69.8 Å². The fourth-order valence-corrected chi connectivity index (χ4v) is 3.62.